The van der Waals surface area contributed by atoms with Gasteiger partial charge in [0.2, 0.25) is 10.0 Å². The van der Waals surface area contributed by atoms with Gasteiger partial charge in [-0.3, -0.25) is 4.90 Å². The molecule has 4 heterocycles. The Morgan fingerprint density at radius 3 is 2.12 bits per heavy atom. The summed E-state index contributed by atoms with van der Waals surface area (Å²) in [5, 5.41) is 0. The molecule has 0 N–H and O–H groups in total. The van der Waals surface area contributed by atoms with Gasteiger partial charge >= 0.3 is 0 Å². The molecule has 0 spiro atoms. The zero-order valence-electron chi connectivity index (χ0n) is 24.0. The van der Waals surface area contributed by atoms with Crippen LogP contribution in [0.3, 0.4) is 0 Å². The van der Waals surface area contributed by atoms with Crippen molar-refractivity contribution in [1.82, 2.24) is 18.8 Å². The molecule has 3 atom stereocenters. The van der Waals surface area contributed by atoms with Crippen LogP contribution in [0, 0.1) is 17.6 Å². The molecular formula is C30H38F2N4O4S2. The number of piperidine rings is 2. The van der Waals surface area contributed by atoms with Crippen molar-refractivity contribution in [2.75, 3.05) is 32.1 Å². The maximum absolute atomic E-state index is 14.3. The fourth-order valence-corrected chi connectivity index (χ4v) is 9.25. The van der Waals surface area contributed by atoms with Crippen molar-refractivity contribution in [3.8, 4) is 0 Å². The molecule has 0 aliphatic carbocycles. The van der Waals surface area contributed by atoms with Crippen LogP contribution in [0.25, 0.3) is 11.0 Å². The number of hydrogen-bond donors (Lipinski definition) is 0. The van der Waals surface area contributed by atoms with Gasteiger partial charge in [-0.05, 0) is 99.2 Å². The third kappa shape index (κ3) is 6.00. The van der Waals surface area contributed by atoms with Crippen LogP contribution in [0.2, 0.25) is 0 Å². The monoisotopic (exact) mass is 620 g/mol. The van der Waals surface area contributed by atoms with Crippen molar-refractivity contribution in [3.05, 3.63) is 59.9 Å². The van der Waals surface area contributed by atoms with E-state index in [1.165, 1.54) is 28.9 Å². The van der Waals surface area contributed by atoms with E-state index in [1.807, 2.05) is 12.4 Å². The van der Waals surface area contributed by atoms with E-state index in [4.69, 9.17) is 0 Å². The summed E-state index contributed by atoms with van der Waals surface area (Å²) in [5.74, 6) is -1.08. The van der Waals surface area contributed by atoms with Gasteiger partial charge < -0.3 is 4.57 Å². The van der Waals surface area contributed by atoms with Gasteiger partial charge in [0.05, 0.1) is 28.5 Å². The Bertz CT molecular complexity index is 1650. The Labute approximate surface area is 246 Å². The third-order valence-electron chi connectivity index (χ3n) is 9.78. The predicted octanol–water partition coefficient (Wildman–Crippen LogP) is 4.73. The third-order valence-corrected chi connectivity index (χ3v) is 12.2. The van der Waals surface area contributed by atoms with Gasteiger partial charge in [0.1, 0.15) is 11.6 Å². The second kappa shape index (κ2) is 11.3. The van der Waals surface area contributed by atoms with Crippen molar-refractivity contribution >= 4 is 30.9 Å². The van der Waals surface area contributed by atoms with Crippen LogP contribution < -0.4 is 0 Å². The molecule has 2 aromatic carbocycles. The maximum atomic E-state index is 14.3. The number of benzene rings is 2. The molecule has 8 nitrogen and oxygen atoms in total. The van der Waals surface area contributed by atoms with E-state index in [9.17, 15) is 25.6 Å². The molecule has 3 aliphatic rings. The highest BCUT2D eigenvalue weighted by Crippen LogP contribution is 2.44. The Balaban J connectivity index is 1.17. The first-order valence-electron chi connectivity index (χ1n) is 14.7. The molecule has 12 heteroatoms. The lowest BCUT2D eigenvalue weighted by Crippen LogP contribution is -2.44. The van der Waals surface area contributed by atoms with Crippen molar-refractivity contribution < 1.29 is 25.6 Å². The van der Waals surface area contributed by atoms with Crippen molar-refractivity contribution in [3.63, 3.8) is 0 Å². The highest BCUT2D eigenvalue weighted by atomic mass is 32.2. The van der Waals surface area contributed by atoms with Crippen LogP contribution in [0.4, 0.5) is 8.78 Å². The average molecular weight is 621 g/mol. The Morgan fingerprint density at radius 2 is 1.52 bits per heavy atom. The minimum atomic E-state index is -3.31. The molecule has 3 aliphatic heterocycles. The van der Waals surface area contributed by atoms with E-state index in [-0.39, 0.29) is 22.8 Å². The van der Waals surface area contributed by atoms with Crippen molar-refractivity contribution in [1.29, 1.82) is 0 Å². The number of fused-ring (bicyclic) bond motifs is 3. The quantitative estimate of drug-likeness (QED) is 0.362. The lowest BCUT2D eigenvalue weighted by molar-refractivity contribution is 0.0992. The molecule has 228 valence electrons. The first-order chi connectivity index (χ1) is 19.9. The van der Waals surface area contributed by atoms with Gasteiger partial charge in [-0.15, -0.1) is 0 Å². The fraction of sp³-hybridized carbons (Fsp3) is 0.567. The van der Waals surface area contributed by atoms with E-state index >= 15 is 0 Å². The fourth-order valence-electron chi connectivity index (χ4n) is 7.73. The van der Waals surface area contributed by atoms with E-state index in [0.29, 0.717) is 49.1 Å². The molecule has 0 saturated carbocycles. The zero-order valence-corrected chi connectivity index (χ0v) is 25.6. The summed E-state index contributed by atoms with van der Waals surface area (Å²) >= 11 is 0. The number of halogens is 2. The molecule has 3 aromatic rings. The van der Waals surface area contributed by atoms with Gasteiger partial charge in [0, 0.05) is 43.5 Å². The number of hydrogen-bond acceptors (Lipinski definition) is 6. The number of sulfone groups is 1. The smallest absolute Gasteiger partial charge is 0.211 e. The van der Waals surface area contributed by atoms with E-state index in [2.05, 4.69) is 14.5 Å². The molecule has 1 aromatic heterocycles. The highest BCUT2D eigenvalue weighted by molar-refractivity contribution is 7.90. The molecule has 6 rings (SSSR count). The predicted molar refractivity (Wildman–Crippen MR) is 157 cm³/mol. The second-order valence-electron chi connectivity index (χ2n) is 12.4. The van der Waals surface area contributed by atoms with Crippen LogP contribution in [-0.4, -0.2) is 79.8 Å². The van der Waals surface area contributed by atoms with Gasteiger partial charge in [-0.25, -0.2) is 34.9 Å². The summed E-state index contributed by atoms with van der Waals surface area (Å²) in [4.78, 5) is 7.36. The van der Waals surface area contributed by atoms with Crippen molar-refractivity contribution in [2.45, 2.75) is 73.9 Å². The number of nitrogens with zero attached hydrogens (tertiary/aromatic N) is 4. The zero-order chi connectivity index (χ0) is 29.8. The SMILES string of the molecule is CS(=O)(=O)c1ccc2c(c1)ncn2C1CC2CCC(C1)N2CC[C@@H](c1cc(F)cc(F)c1)C1CCN(S(C)(=O)=O)CC1. The standard InChI is InChI=1S/C30H38F2N4O4S2/c1-41(37,38)27-5-6-30-29(18-27)33-19-36(30)26-16-24-3-4-25(17-26)35(24)12-9-28(21-13-22(31)15-23(32)14-21)20-7-10-34(11-8-20)42(2,39)40/h5-6,13-15,18-20,24-26,28H,3-4,7-12,16-17H2,1-2H3/t24?,25?,26?,28-/m1/s1. The first kappa shape index (κ1) is 29.7. The van der Waals surface area contributed by atoms with Gasteiger partial charge in [0.15, 0.2) is 9.84 Å². The molecular weight excluding hydrogens is 582 g/mol. The average Bonchev–Trinajstić information content (AvgIpc) is 3.44. The second-order valence-corrected chi connectivity index (χ2v) is 16.4. The number of rotatable bonds is 8. The normalized spacial score (nSPS) is 25.3. The molecule has 0 radical (unpaired) electrons. The highest BCUT2D eigenvalue weighted by Gasteiger charge is 2.42. The minimum absolute atomic E-state index is 0.0596. The van der Waals surface area contributed by atoms with Gasteiger partial charge in [0.25, 0.3) is 0 Å². The maximum Gasteiger partial charge on any atom is 0.211 e. The van der Waals surface area contributed by atoms with Crippen LogP contribution in [-0.2, 0) is 19.9 Å². The summed E-state index contributed by atoms with van der Waals surface area (Å²) in [7, 11) is -6.57. The molecule has 2 unspecified atom stereocenters. The van der Waals surface area contributed by atoms with Crippen LogP contribution in [0.15, 0.2) is 47.6 Å². The largest absolute Gasteiger partial charge is 0.327 e. The summed E-state index contributed by atoms with van der Waals surface area (Å²) in [6.45, 7) is 1.68. The topological polar surface area (TPSA) is 92.6 Å². The lowest BCUT2D eigenvalue weighted by Gasteiger charge is -2.41. The van der Waals surface area contributed by atoms with Crippen molar-refractivity contribution in [2.24, 2.45) is 5.92 Å². The Hall–Kier alpha value is -2.41. The van der Waals surface area contributed by atoms with Crippen LogP contribution in [0.5, 0.6) is 0 Å². The lowest BCUT2D eigenvalue weighted by atomic mass is 9.78. The molecule has 2 bridgehead atoms. The molecule has 3 fully saturated rings. The number of sulfonamides is 1. The summed E-state index contributed by atoms with van der Waals surface area (Å²) in [5.41, 5.74) is 2.28. The Morgan fingerprint density at radius 1 is 0.881 bits per heavy atom. The van der Waals surface area contributed by atoms with E-state index < -0.39 is 31.5 Å². The summed E-state index contributed by atoms with van der Waals surface area (Å²) in [6.07, 6.45) is 10.5. The van der Waals surface area contributed by atoms with E-state index in [0.717, 1.165) is 50.2 Å². The van der Waals surface area contributed by atoms with Gasteiger partial charge in [-0.2, -0.15) is 0 Å². The molecule has 42 heavy (non-hydrogen) atoms. The van der Waals surface area contributed by atoms with Crippen LogP contribution >= 0.6 is 0 Å². The molecule has 3 saturated heterocycles. The van der Waals surface area contributed by atoms with E-state index in [1.54, 1.807) is 12.1 Å². The first-order valence-corrected chi connectivity index (χ1v) is 18.4. The summed E-state index contributed by atoms with van der Waals surface area (Å²) < 4.78 is 80.4. The minimum Gasteiger partial charge on any atom is -0.327 e. The van der Waals surface area contributed by atoms with Crippen LogP contribution in [0.1, 0.15) is 62.5 Å². The Kier molecular flexibility index (Phi) is 7.95. The van der Waals surface area contributed by atoms with Gasteiger partial charge in [-0.1, -0.05) is 0 Å². The summed E-state index contributed by atoms with van der Waals surface area (Å²) in [6, 6.07) is 9.96. The molecule has 0 amide bonds. The number of imidazole rings is 1. The number of aromatic nitrogens is 2.